The molecule has 5 heteroatoms. The minimum absolute atomic E-state index is 0.732. The van der Waals surface area contributed by atoms with E-state index in [0.29, 0.717) is 0 Å². The highest BCUT2D eigenvalue weighted by Crippen LogP contribution is 2.21. The van der Waals surface area contributed by atoms with Gasteiger partial charge in [0.1, 0.15) is 0 Å². The lowest BCUT2D eigenvalue weighted by Gasteiger charge is -1.97. The smallest absolute Gasteiger partial charge is 0.227 e. The second kappa shape index (κ2) is 6.21. The van der Waals surface area contributed by atoms with Gasteiger partial charge >= 0.3 is 0 Å². The van der Waals surface area contributed by atoms with Crippen molar-refractivity contribution in [3.63, 3.8) is 0 Å². The molecular weight excluding hydrogens is 258 g/mol. The van der Waals surface area contributed by atoms with Gasteiger partial charge in [0.25, 0.3) is 0 Å². The maximum Gasteiger partial charge on any atom is 0.227 e. The summed E-state index contributed by atoms with van der Waals surface area (Å²) in [6.07, 6.45) is 3.44. The van der Waals surface area contributed by atoms with Gasteiger partial charge in [0, 0.05) is 23.9 Å². The van der Waals surface area contributed by atoms with Gasteiger partial charge in [-0.25, -0.2) is 0 Å². The molecule has 0 radical (unpaired) electrons. The van der Waals surface area contributed by atoms with Crippen LogP contribution >= 0.6 is 11.8 Å². The van der Waals surface area contributed by atoms with Crippen LogP contribution in [0.5, 0.6) is 0 Å². The molecule has 1 N–H and O–H groups in total. The summed E-state index contributed by atoms with van der Waals surface area (Å²) in [5, 5.41) is 7.45. The molecule has 0 amide bonds. The van der Waals surface area contributed by atoms with Gasteiger partial charge < -0.3 is 9.84 Å². The molecule has 1 aromatic heterocycles. The highest BCUT2D eigenvalue weighted by atomic mass is 32.2. The summed E-state index contributed by atoms with van der Waals surface area (Å²) in [4.78, 5) is 5.63. The van der Waals surface area contributed by atoms with E-state index in [2.05, 4.69) is 27.6 Å². The van der Waals surface area contributed by atoms with Crippen molar-refractivity contribution in [3.05, 3.63) is 42.0 Å². The molecule has 1 aliphatic carbocycles. The Morgan fingerprint density at radius 3 is 2.89 bits per heavy atom. The minimum atomic E-state index is 0.732. The van der Waals surface area contributed by atoms with Gasteiger partial charge in [0.05, 0.1) is 5.75 Å². The maximum absolute atomic E-state index is 5.24. The standard InChI is InChI=1S/C14H17N3OS/c1-2-4-12(5-3-1)19-10-13-16-14(18-17-13)8-9-15-11-6-7-11/h1-5,11,15H,6-10H2. The third-order valence-corrected chi connectivity index (χ3v) is 3.98. The molecule has 1 aromatic carbocycles. The second-order valence-electron chi connectivity index (χ2n) is 4.68. The predicted octanol–water partition coefficient (Wildman–Crippen LogP) is 2.66. The number of nitrogens with one attached hydrogen (secondary N) is 1. The Hall–Kier alpha value is -1.33. The van der Waals surface area contributed by atoms with E-state index in [0.717, 1.165) is 36.5 Å². The summed E-state index contributed by atoms with van der Waals surface area (Å²) >= 11 is 1.72. The Morgan fingerprint density at radius 1 is 1.26 bits per heavy atom. The Kier molecular flexibility index (Phi) is 4.15. The number of thioether (sulfide) groups is 1. The maximum atomic E-state index is 5.24. The van der Waals surface area contributed by atoms with Crippen molar-refractivity contribution in [1.82, 2.24) is 15.5 Å². The normalized spacial score (nSPS) is 14.7. The van der Waals surface area contributed by atoms with Gasteiger partial charge in [-0.3, -0.25) is 0 Å². The van der Waals surface area contributed by atoms with Crippen LogP contribution in [0.25, 0.3) is 0 Å². The topological polar surface area (TPSA) is 51.0 Å². The molecule has 100 valence electrons. The zero-order chi connectivity index (χ0) is 12.9. The Balaban J connectivity index is 1.44. The molecule has 19 heavy (non-hydrogen) atoms. The van der Waals surface area contributed by atoms with Gasteiger partial charge in [-0.2, -0.15) is 4.98 Å². The Morgan fingerprint density at radius 2 is 2.11 bits per heavy atom. The highest BCUT2D eigenvalue weighted by molar-refractivity contribution is 7.98. The van der Waals surface area contributed by atoms with Crippen LogP contribution in [0, 0.1) is 0 Å². The van der Waals surface area contributed by atoms with Crippen molar-refractivity contribution >= 4 is 11.8 Å². The minimum Gasteiger partial charge on any atom is -0.339 e. The number of hydrogen-bond donors (Lipinski definition) is 1. The molecule has 3 rings (SSSR count). The molecule has 1 fully saturated rings. The largest absolute Gasteiger partial charge is 0.339 e. The average Bonchev–Trinajstić information content (AvgIpc) is 3.16. The first-order valence-electron chi connectivity index (χ1n) is 6.63. The number of benzene rings is 1. The van der Waals surface area contributed by atoms with Crippen LogP contribution in [0.4, 0.5) is 0 Å². The third-order valence-electron chi connectivity index (χ3n) is 2.97. The van der Waals surface area contributed by atoms with Crippen molar-refractivity contribution in [2.75, 3.05) is 6.54 Å². The molecule has 1 saturated carbocycles. The summed E-state index contributed by atoms with van der Waals surface area (Å²) in [5.74, 6) is 2.26. The lowest BCUT2D eigenvalue weighted by atomic mass is 10.4. The fourth-order valence-electron chi connectivity index (χ4n) is 1.79. The van der Waals surface area contributed by atoms with E-state index in [1.165, 1.54) is 17.7 Å². The monoisotopic (exact) mass is 275 g/mol. The first-order chi connectivity index (χ1) is 9.40. The van der Waals surface area contributed by atoms with Crippen LogP contribution in [0.2, 0.25) is 0 Å². The molecule has 1 aliphatic rings. The highest BCUT2D eigenvalue weighted by Gasteiger charge is 2.20. The molecule has 0 bridgehead atoms. The third kappa shape index (κ3) is 4.08. The fraction of sp³-hybridized carbons (Fsp3) is 0.429. The molecule has 0 spiro atoms. The van der Waals surface area contributed by atoms with Crippen molar-refractivity contribution in [2.45, 2.75) is 36.0 Å². The lowest BCUT2D eigenvalue weighted by Crippen LogP contribution is -2.19. The lowest BCUT2D eigenvalue weighted by molar-refractivity contribution is 0.372. The SMILES string of the molecule is c1ccc(SCc2noc(CCNC3CC3)n2)cc1. The van der Waals surface area contributed by atoms with Crippen LogP contribution in [0.15, 0.2) is 39.8 Å². The van der Waals surface area contributed by atoms with Crippen molar-refractivity contribution < 1.29 is 4.52 Å². The van der Waals surface area contributed by atoms with E-state index in [1.807, 2.05) is 18.2 Å². The number of hydrogen-bond acceptors (Lipinski definition) is 5. The molecule has 1 heterocycles. The Labute approximate surface area is 117 Å². The molecule has 4 nitrogen and oxygen atoms in total. The average molecular weight is 275 g/mol. The van der Waals surface area contributed by atoms with Gasteiger partial charge in [-0.15, -0.1) is 11.8 Å². The number of rotatable bonds is 7. The summed E-state index contributed by atoms with van der Waals surface area (Å²) < 4.78 is 5.24. The molecule has 0 saturated heterocycles. The summed E-state index contributed by atoms with van der Waals surface area (Å²) in [6, 6.07) is 11.0. The van der Waals surface area contributed by atoms with E-state index in [-0.39, 0.29) is 0 Å². The molecule has 0 atom stereocenters. The van der Waals surface area contributed by atoms with Crippen molar-refractivity contribution in [1.29, 1.82) is 0 Å². The van der Waals surface area contributed by atoms with Crippen molar-refractivity contribution in [3.8, 4) is 0 Å². The molecular formula is C14H17N3OS. The van der Waals surface area contributed by atoms with Crippen LogP contribution in [-0.2, 0) is 12.2 Å². The first-order valence-corrected chi connectivity index (χ1v) is 7.61. The van der Waals surface area contributed by atoms with Gasteiger partial charge in [-0.05, 0) is 25.0 Å². The number of aromatic nitrogens is 2. The molecule has 0 aliphatic heterocycles. The van der Waals surface area contributed by atoms with Crippen molar-refractivity contribution in [2.24, 2.45) is 0 Å². The number of nitrogens with zero attached hydrogens (tertiary/aromatic N) is 2. The zero-order valence-corrected chi connectivity index (χ0v) is 11.5. The first kappa shape index (κ1) is 12.7. The summed E-state index contributed by atoms with van der Waals surface area (Å²) in [5.41, 5.74) is 0. The van der Waals surface area contributed by atoms with Gasteiger partial charge in [0.2, 0.25) is 5.89 Å². The van der Waals surface area contributed by atoms with Gasteiger partial charge in [0.15, 0.2) is 5.82 Å². The fourth-order valence-corrected chi connectivity index (χ4v) is 2.55. The second-order valence-corrected chi connectivity index (χ2v) is 5.73. The van der Waals surface area contributed by atoms with Crippen LogP contribution in [-0.4, -0.2) is 22.7 Å². The van der Waals surface area contributed by atoms with E-state index in [1.54, 1.807) is 11.8 Å². The van der Waals surface area contributed by atoms with E-state index in [9.17, 15) is 0 Å². The van der Waals surface area contributed by atoms with Gasteiger partial charge in [-0.1, -0.05) is 23.4 Å². The Bertz CT molecular complexity index is 510. The summed E-state index contributed by atoms with van der Waals surface area (Å²) in [6.45, 7) is 0.929. The van der Waals surface area contributed by atoms with E-state index >= 15 is 0 Å². The quantitative estimate of drug-likeness (QED) is 0.787. The van der Waals surface area contributed by atoms with Crippen LogP contribution < -0.4 is 5.32 Å². The summed E-state index contributed by atoms with van der Waals surface area (Å²) in [7, 11) is 0. The van der Waals surface area contributed by atoms with Crippen LogP contribution in [0.3, 0.4) is 0 Å². The molecule has 0 unspecified atom stereocenters. The van der Waals surface area contributed by atoms with E-state index in [4.69, 9.17) is 4.52 Å². The van der Waals surface area contributed by atoms with E-state index < -0.39 is 0 Å². The molecule has 2 aromatic rings. The predicted molar refractivity (Wildman–Crippen MR) is 75.0 cm³/mol. The van der Waals surface area contributed by atoms with Crippen LogP contribution in [0.1, 0.15) is 24.6 Å². The zero-order valence-electron chi connectivity index (χ0n) is 10.7.